The second-order valence-corrected chi connectivity index (χ2v) is 2.37. The van der Waals surface area contributed by atoms with Crippen LogP contribution in [0.3, 0.4) is 0 Å². The largest absolute Gasteiger partial charge is 0.238 e. The molecule has 0 N–H and O–H groups in total. The van der Waals surface area contributed by atoms with E-state index in [1.165, 1.54) is 0 Å². The van der Waals surface area contributed by atoms with Crippen LogP contribution in [0.25, 0.3) is 0 Å². The Morgan fingerprint density at radius 2 is 1.70 bits per heavy atom. The van der Waals surface area contributed by atoms with Crippen molar-refractivity contribution in [3.05, 3.63) is 29.7 Å². The summed E-state index contributed by atoms with van der Waals surface area (Å²) in [5.74, 6) is 0.737. The summed E-state index contributed by atoms with van der Waals surface area (Å²) in [7, 11) is 0. The van der Waals surface area contributed by atoms with E-state index in [2.05, 4.69) is 9.97 Å². The van der Waals surface area contributed by atoms with Crippen LogP contribution < -0.4 is 0 Å². The molecule has 0 saturated heterocycles. The predicted octanol–water partition coefficient (Wildman–Crippen LogP) is 1.46. The Balaban J connectivity index is 3.31. The zero-order valence-electron chi connectivity index (χ0n) is 6.47. The average molecular weight is 134 g/mol. The molecule has 1 heterocycles. The number of nitrogens with zero attached hydrogens (tertiary/aromatic N) is 2. The maximum Gasteiger partial charge on any atom is 0.125 e. The van der Waals surface area contributed by atoms with Gasteiger partial charge in [-0.05, 0) is 26.3 Å². The minimum absolute atomic E-state index is 0.588. The Bertz CT molecular complexity index is 230. The van der Waals surface area contributed by atoms with Crippen LogP contribution in [-0.4, -0.2) is 9.97 Å². The monoisotopic (exact) mass is 134 g/mol. The van der Waals surface area contributed by atoms with Crippen molar-refractivity contribution in [2.24, 2.45) is 0 Å². The molecular formula is C8H10N2. The second kappa shape index (κ2) is 2.37. The maximum atomic E-state index is 5.57. The molecule has 0 aliphatic carbocycles. The minimum atomic E-state index is 0.588. The molecular weight excluding hydrogens is 124 g/mol. The van der Waals surface area contributed by atoms with Gasteiger partial charge in [0.05, 0.1) is 5.69 Å². The molecule has 1 rings (SSSR count). The first-order chi connectivity index (χ1) is 4.61. The van der Waals surface area contributed by atoms with Gasteiger partial charge in [-0.1, -0.05) is 0 Å². The van der Waals surface area contributed by atoms with Gasteiger partial charge in [0.25, 0.3) is 0 Å². The lowest BCUT2D eigenvalue weighted by molar-refractivity contribution is 0.967. The zero-order chi connectivity index (χ0) is 7.72. The van der Waals surface area contributed by atoms with Crippen LogP contribution in [-0.2, 0) is 0 Å². The van der Waals surface area contributed by atoms with Gasteiger partial charge in [-0.15, -0.1) is 0 Å². The van der Waals surface area contributed by atoms with E-state index in [0.717, 1.165) is 17.1 Å². The smallest absolute Gasteiger partial charge is 0.125 e. The van der Waals surface area contributed by atoms with Crippen LogP contribution in [0.2, 0.25) is 0 Å². The summed E-state index contributed by atoms with van der Waals surface area (Å²) >= 11 is 0. The molecule has 2 nitrogen and oxygen atoms in total. The Morgan fingerprint density at radius 1 is 1.10 bits per heavy atom. The van der Waals surface area contributed by atoms with Gasteiger partial charge in [0.2, 0.25) is 0 Å². The highest BCUT2D eigenvalue weighted by Crippen LogP contribution is 2.06. The molecule has 0 aliphatic heterocycles. The van der Waals surface area contributed by atoms with Gasteiger partial charge in [-0.2, -0.15) is 0 Å². The van der Waals surface area contributed by atoms with E-state index >= 15 is 0 Å². The van der Waals surface area contributed by atoms with E-state index < -0.39 is 0 Å². The van der Waals surface area contributed by atoms with Crippen LogP contribution in [0.5, 0.6) is 0 Å². The van der Waals surface area contributed by atoms with Gasteiger partial charge in [-0.25, -0.2) is 9.97 Å². The van der Waals surface area contributed by atoms with Crippen molar-refractivity contribution < 1.29 is 0 Å². The summed E-state index contributed by atoms with van der Waals surface area (Å²) in [6.07, 6.45) is 0. The number of hydrogen-bond acceptors (Lipinski definition) is 2. The van der Waals surface area contributed by atoms with Gasteiger partial charge in [0, 0.05) is 12.6 Å². The molecule has 2 heteroatoms. The number of aromatic nitrogens is 2. The van der Waals surface area contributed by atoms with Gasteiger partial charge in [0.15, 0.2) is 0 Å². The van der Waals surface area contributed by atoms with Crippen molar-refractivity contribution in [3.63, 3.8) is 0 Å². The highest BCUT2D eigenvalue weighted by Gasteiger charge is 1.99. The molecule has 0 atom stereocenters. The summed E-state index contributed by atoms with van der Waals surface area (Å²) in [4.78, 5) is 8.14. The van der Waals surface area contributed by atoms with Crippen LogP contribution in [0.15, 0.2) is 0 Å². The average Bonchev–Trinajstić information content (AvgIpc) is 1.82. The second-order valence-electron chi connectivity index (χ2n) is 2.37. The van der Waals surface area contributed by atoms with Crippen LogP contribution in [0, 0.1) is 27.7 Å². The fourth-order valence-corrected chi connectivity index (χ4v) is 0.795. The molecule has 0 amide bonds. The summed E-state index contributed by atoms with van der Waals surface area (Å²) < 4.78 is 0. The van der Waals surface area contributed by atoms with E-state index in [9.17, 15) is 0 Å². The van der Waals surface area contributed by atoms with Crippen molar-refractivity contribution in [1.82, 2.24) is 9.97 Å². The summed E-state index contributed by atoms with van der Waals surface area (Å²) in [6, 6.07) is 0. The topological polar surface area (TPSA) is 25.8 Å². The molecule has 10 heavy (non-hydrogen) atoms. The fourth-order valence-electron chi connectivity index (χ4n) is 0.795. The maximum absolute atomic E-state index is 5.57. The van der Waals surface area contributed by atoms with Crippen LogP contribution in [0.1, 0.15) is 22.8 Å². The van der Waals surface area contributed by atoms with Crippen molar-refractivity contribution in [2.75, 3.05) is 0 Å². The lowest BCUT2D eigenvalue weighted by Gasteiger charge is -2.02. The quantitative estimate of drug-likeness (QED) is 0.537. The van der Waals surface area contributed by atoms with E-state index in [1.807, 2.05) is 20.8 Å². The normalized spacial score (nSPS) is 10.0. The van der Waals surface area contributed by atoms with E-state index in [-0.39, 0.29) is 0 Å². The van der Waals surface area contributed by atoms with Crippen molar-refractivity contribution >= 4 is 0 Å². The molecule has 0 aromatic carbocycles. The molecule has 0 saturated carbocycles. The van der Waals surface area contributed by atoms with Crippen molar-refractivity contribution in [1.29, 1.82) is 0 Å². The molecule has 0 unspecified atom stereocenters. The van der Waals surface area contributed by atoms with E-state index in [1.54, 1.807) is 0 Å². The first kappa shape index (κ1) is 7.19. The predicted molar refractivity (Wildman–Crippen MR) is 39.6 cm³/mol. The highest BCUT2D eigenvalue weighted by molar-refractivity contribution is 5.24. The standard InChI is InChI=1S/C8H10N2/c1-5-6(2)9-8(4)10-7(5)3/h2H,1,3-4H3. The third kappa shape index (κ3) is 1.15. The molecule has 0 fully saturated rings. The lowest BCUT2D eigenvalue weighted by atomic mass is 10.2. The number of hydrogen-bond donors (Lipinski definition) is 0. The minimum Gasteiger partial charge on any atom is -0.238 e. The third-order valence-corrected chi connectivity index (χ3v) is 1.54. The Labute approximate surface area is 61.3 Å². The van der Waals surface area contributed by atoms with Gasteiger partial charge >= 0.3 is 0 Å². The third-order valence-electron chi connectivity index (χ3n) is 1.54. The molecule has 2 radical (unpaired) electrons. The van der Waals surface area contributed by atoms with E-state index in [4.69, 9.17) is 6.92 Å². The Kier molecular flexibility index (Phi) is 1.70. The van der Waals surface area contributed by atoms with E-state index in [0.29, 0.717) is 5.69 Å². The molecule has 0 bridgehead atoms. The first-order valence-electron chi connectivity index (χ1n) is 3.18. The van der Waals surface area contributed by atoms with Gasteiger partial charge in [0.1, 0.15) is 5.82 Å². The molecule has 52 valence electrons. The summed E-state index contributed by atoms with van der Waals surface area (Å²) in [5, 5.41) is 0. The Hall–Kier alpha value is -0.920. The first-order valence-corrected chi connectivity index (χ1v) is 3.18. The van der Waals surface area contributed by atoms with Gasteiger partial charge < -0.3 is 0 Å². The van der Waals surface area contributed by atoms with Gasteiger partial charge in [-0.3, -0.25) is 0 Å². The van der Waals surface area contributed by atoms with Crippen LogP contribution in [0.4, 0.5) is 0 Å². The number of rotatable bonds is 0. The van der Waals surface area contributed by atoms with Crippen LogP contribution >= 0.6 is 0 Å². The summed E-state index contributed by atoms with van der Waals surface area (Å²) in [6.45, 7) is 11.3. The highest BCUT2D eigenvalue weighted by atomic mass is 14.9. The zero-order valence-corrected chi connectivity index (χ0v) is 6.47. The fraction of sp³-hybridized carbons (Fsp3) is 0.375. The van der Waals surface area contributed by atoms with Crippen molar-refractivity contribution in [2.45, 2.75) is 20.8 Å². The lowest BCUT2D eigenvalue weighted by Crippen LogP contribution is -1.97. The van der Waals surface area contributed by atoms with Crippen molar-refractivity contribution in [3.8, 4) is 0 Å². The summed E-state index contributed by atoms with van der Waals surface area (Å²) in [5.41, 5.74) is 2.53. The Morgan fingerprint density at radius 3 is 2.20 bits per heavy atom. The molecule has 1 aromatic rings. The molecule has 1 aromatic heterocycles. The molecule has 0 aliphatic rings. The SMILES string of the molecule is [CH]c1nc(C)nc(C)c1C. The molecule has 0 spiro atoms. The number of aryl methyl sites for hydroxylation is 2.